The maximum Gasteiger partial charge on any atom is 0.507 e. The molecule has 1 atom stereocenters. The fourth-order valence-corrected chi connectivity index (χ4v) is 2.65. The Morgan fingerprint density at radius 2 is 2.32 bits per heavy atom. The largest absolute Gasteiger partial charge is 0.507 e. The van der Waals surface area contributed by atoms with Crippen LogP contribution in [0.4, 0.5) is 9.18 Å². The summed E-state index contributed by atoms with van der Waals surface area (Å²) in [6.07, 6.45) is -1.47. The van der Waals surface area contributed by atoms with E-state index in [1.54, 1.807) is 0 Å². The lowest BCUT2D eigenvalue weighted by Crippen LogP contribution is -2.29. The van der Waals surface area contributed by atoms with Crippen LogP contribution < -0.4 is 5.69 Å². The van der Waals surface area contributed by atoms with E-state index < -0.39 is 23.9 Å². The first-order valence-corrected chi connectivity index (χ1v) is 6.85. The Kier molecular flexibility index (Phi) is 3.61. The highest BCUT2D eigenvalue weighted by Crippen LogP contribution is 2.23. The number of hydrogen-bond acceptors (Lipinski definition) is 4. The van der Waals surface area contributed by atoms with Crippen molar-refractivity contribution in [2.45, 2.75) is 25.6 Å². The van der Waals surface area contributed by atoms with Crippen molar-refractivity contribution in [3.05, 3.63) is 50.9 Å². The van der Waals surface area contributed by atoms with E-state index >= 15 is 0 Å². The van der Waals surface area contributed by atoms with Gasteiger partial charge in [0.25, 0.3) is 0 Å². The zero-order valence-corrected chi connectivity index (χ0v) is 12.0. The number of ether oxygens (including phenoxy) is 1. The molecule has 22 heavy (non-hydrogen) atoms. The first-order valence-electron chi connectivity index (χ1n) is 6.47. The Bertz CT molecular complexity index is 801. The van der Waals surface area contributed by atoms with Crippen LogP contribution in [-0.2, 0) is 17.7 Å². The van der Waals surface area contributed by atoms with Crippen molar-refractivity contribution < 1.29 is 19.0 Å². The quantitative estimate of drug-likeness (QED) is 0.872. The normalized spacial score (nSPS) is 16.5. The molecule has 1 aromatic carbocycles. The molecule has 0 saturated heterocycles. The van der Waals surface area contributed by atoms with E-state index in [1.165, 1.54) is 27.4 Å². The monoisotopic (exact) mass is 327 g/mol. The number of rotatable bonds is 3. The van der Waals surface area contributed by atoms with Gasteiger partial charge in [0, 0.05) is 12.8 Å². The standard InChI is InChI=1S/C13H11ClFN3O4/c14-8-5-7(1-2-9(8)15)6-17-12(19)18-10(16-17)3-4-11(18)22-13(20)21/h1-2,5,11H,3-4,6H2,(H,20,21)/t11-/m0/s1. The Morgan fingerprint density at radius 1 is 1.55 bits per heavy atom. The van der Waals surface area contributed by atoms with Gasteiger partial charge >= 0.3 is 11.8 Å². The van der Waals surface area contributed by atoms with Gasteiger partial charge in [0.2, 0.25) is 0 Å². The van der Waals surface area contributed by atoms with Crippen LogP contribution in [0.25, 0.3) is 0 Å². The first kappa shape index (κ1) is 14.6. The molecule has 0 radical (unpaired) electrons. The minimum atomic E-state index is -1.44. The molecular weight excluding hydrogens is 317 g/mol. The van der Waals surface area contributed by atoms with Gasteiger partial charge in [-0.1, -0.05) is 17.7 Å². The molecule has 2 heterocycles. The predicted octanol–water partition coefficient (Wildman–Crippen LogP) is 2.02. The van der Waals surface area contributed by atoms with Crippen molar-refractivity contribution in [2.24, 2.45) is 0 Å². The molecule has 9 heteroatoms. The Hall–Kier alpha value is -2.35. The maximum atomic E-state index is 13.1. The van der Waals surface area contributed by atoms with E-state index in [-0.39, 0.29) is 11.6 Å². The van der Waals surface area contributed by atoms with Gasteiger partial charge in [-0.05, 0) is 17.7 Å². The molecule has 1 N–H and O–H groups in total. The Labute approximate surface area is 128 Å². The molecule has 0 aliphatic carbocycles. The van der Waals surface area contributed by atoms with Gasteiger partial charge in [-0.2, -0.15) is 5.10 Å². The van der Waals surface area contributed by atoms with Crippen LogP contribution in [0.15, 0.2) is 23.0 Å². The highest BCUT2D eigenvalue weighted by atomic mass is 35.5. The summed E-state index contributed by atoms with van der Waals surface area (Å²) in [6.45, 7) is 0.110. The number of aryl methyl sites for hydroxylation is 1. The molecule has 1 aliphatic rings. The second-order valence-electron chi connectivity index (χ2n) is 4.85. The summed E-state index contributed by atoms with van der Waals surface area (Å²) in [5, 5.41) is 12.8. The van der Waals surface area contributed by atoms with Crippen LogP contribution in [0, 0.1) is 5.82 Å². The van der Waals surface area contributed by atoms with Crippen molar-refractivity contribution in [3.8, 4) is 0 Å². The van der Waals surface area contributed by atoms with E-state index in [0.717, 1.165) is 0 Å². The first-order chi connectivity index (χ1) is 10.5. The van der Waals surface area contributed by atoms with Gasteiger partial charge in [0.15, 0.2) is 6.23 Å². The second kappa shape index (κ2) is 5.45. The number of carbonyl (C=O) groups is 1. The zero-order valence-electron chi connectivity index (χ0n) is 11.2. The van der Waals surface area contributed by atoms with Crippen molar-refractivity contribution in [1.82, 2.24) is 14.3 Å². The molecule has 0 amide bonds. The molecule has 0 saturated carbocycles. The number of fused-ring (bicyclic) bond motifs is 1. The average Bonchev–Trinajstić information content (AvgIpc) is 2.96. The van der Waals surface area contributed by atoms with Crippen LogP contribution in [0.1, 0.15) is 24.0 Å². The smallest absolute Gasteiger partial charge is 0.450 e. The van der Waals surface area contributed by atoms with Crippen LogP contribution in [0.2, 0.25) is 5.02 Å². The highest BCUT2D eigenvalue weighted by Gasteiger charge is 2.30. The molecule has 0 unspecified atom stereocenters. The molecular formula is C13H11ClFN3O4. The summed E-state index contributed by atoms with van der Waals surface area (Å²) in [5.74, 6) is -0.0792. The summed E-state index contributed by atoms with van der Waals surface area (Å²) in [5.41, 5.74) is 0.139. The van der Waals surface area contributed by atoms with Gasteiger partial charge in [-0.15, -0.1) is 0 Å². The summed E-state index contributed by atoms with van der Waals surface area (Å²) in [6, 6.07) is 4.13. The molecule has 0 fully saturated rings. The van der Waals surface area contributed by atoms with Crippen LogP contribution >= 0.6 is 11.6 Å². The van der Waals surface area contributed by atoms with Crippen molar-refractivity contribution in [3.63, 3.8) is 0 Å². The molecule has 1 aliphatic heterocycles. The molecule has 1 aromatic heterocycles. The lowest BCUT2D eigenvalue weighted by Gasteiger charge is -2.10. The average molecular weight is 328 g/mol. The molecule has 2 aromatic rings. The summed E-state index contributed by atoms with van der Waals surface area (Å²) in [7, 11) is 0. The number of nitrogens with zero attached hydrogens (tertiary/aromatic N) is 3. The Morgan fingerprint density at radius 3 is 3.00 bits per heavy atom. The van der Waals surface area contributed by atoms with Gasteiger partial charge < -0.3 is 9.84 Å². The predicted molar refractivity (Wildman–Crippen MR) is 73.5 cm³/mol. The number of hydrogen-bond donors (Lipinski definition) is 1. The maximum absolute atomic E-state index is 13.1. The van der Waals surface area contributed by atoms with Crippen molar-refractivity contribution in [1.29, 1.82) is 0 Å². The number of aromatic nitrogens is 3. The molecule has 3 rings (SSSR count). The second-order valence-corrected chi connectivity index (χ2v) is 5.26. The zero-order chi connectivity index (χ0) is 15.9. The van der Waals surface area contributed by atoms with E-state index in [0.29, 0.717) is 24.2 Å². The summed E-state index contributed by atoms with van der Waals surface area (Å²) < 4.78 is 20.2. The third-order valence-corrected chi connectivity index (χ3v) is 3.69. The lowest BCUT2D eigenvalue weighted by molar-refractivity contribution is 0.0206. The Balaban J connectivity index is 1.89. The highest BCUT2D eigenvalue weighted by molar-refractivity contribution is 6.30. The third-order valence-electron chi connectivity index (χ3n) is 3.40. The minimum absolute atomic E-state index is 0.0376. The number of carboxylic acid groups (broad SMARTS) is 1. The SMILES string of the molecule is O=C(O)O[C@H]1CCc2nn(Cc3ccc(F)c(Cl)c3)c(=O)n21. The topological polar surface area (TPSA) is 86.3 Å². The summed E-state index contributed by atoms with van der Waals surface area (Å²) in [4.78, 5) is 22.9. The third kappa shape index (κ3) is 2.57. The minimum Gasteiger partial charge on any atom is -0.450 e. The van der Waals surface area contributed by atoms with Crippen LogP contribution in [-0.4, -0.2) is 25.6 Å². The number of benzene rings is 1. The van der Waals surface area contributed by atoms with Crippen LogP contribution in [0.5, 0.6) is 0 Å². The molecule has 7 nitrogen and oxygen atoms in total. The van der Waals surface area contributed by atoms with Gasteiger partial charge in [-0.25, -0.2) is 23.2 Å². The van der Waals surface area contributed by atoms with Gasteiger partial charge in [-0.3, -0.25) is 0 Å². The fourth-order valence-electron chi connectivity index (χ4n) is 2.45. The number of halogens is 2. The van der Waals surface area contributed by atoms with Crippen molar-refractivity contribution >= 4 is 17.8 Å². The van der Waals surface area contributed by atoms with Crippen molar-refractivity contribution in [2.75, 3.05) is 0 Å². The fraction of sp³-hybridized carbons (Fsp3) is 0.308. The van der Waals surface area contributed by atoms with Gasteiger partial charge in [0.05, 0.1) is 11.6 Å². The molecule has 0 bridgehead atoms. The van der Waals surface area contributed by atoms with Gasteiger partial charge in [0.1, 0.15) is 11.6 Å². The van der Waals surface area contributed by atoms with E-state index in [1.807, 2.05) is 0 Å². The van der Waals surface area contributed by atoms with E-state index in [4.69, 9.17) is 16.7 Å². The lowest BCUT2D eigenvalue weighted by atomic mass is 10.2. The molecule has 0 spiro atoms. The molecule has 116 valence electrons. The summed E-state index contributed by atoms with van der Waals surface area (Å²) >= 11 is 5.70. The van der Waals surface area contributed by atoms with E-state index in [2.05, 4.69) is 9.84 Å². The van der Waals surface area contributed by atoms with Crippen LogP contribution in [0.3, 0.4) is 0 Å². The van der Waals surface area contributed by atoms with E-state index in [9.17, 15) is 14.0 Å².